The zero-order chi connectivity index (χ0) is 13.0. The molecule has 0 saturated carbocycles. The molecule has 1 saturated heterocycles. The standard InChI is InChI=1S/C14H26N4/c1-4-8-18-11-12(3)16-14(18)15-10-13-7-6-9-17(13)5-2/h11,13H,4-10H2,1-3H3,(H,15,16). The molecule has 4 nitrogen and oxygen atoms in total. The second-order valence-corrected chi connectivity index (χ2v) is 5.20. The lowest BCUT2D eigenvalue weighted by atomic mass is 10.2. The molecule has 0 aromatic carbocycles. The Morgan fingerprint density at radius 1 is 1.44 bits per heavy atom. The van der Waals surface area contributed by atoms with Crippen molar-refractivity contribution in [2.45, 2.75) is 52.6 Å². The Morgan fingerprint density at radius 3 is 3.00 bits per heavy atom. The summed E-state index contributed by atoms with van der Waals surface area (Å²) < 4.78 is 2.24. The van der Waals surface area contributed by atoms with Crippen molar-refractivity contribution in [1.82, 2.24) is 14.5 Å². The molecule has 1 aromatic rings. The average Bonchev–Trinajstić information content (AvgIpc) is 2.93. The molecular formula is C14H26N4. The molecular weight excluding hydrogens is 224 g/mol. The summed E-state index contributed by atoms with van der Waals surface area (Å²) in [6.45, 7) is 11.0. The molecule has 0 radical (unpaired) electrons. The Bertz CT molecular complexity index is 372. The Balaban J connectivity index is 1.93. The molecule has 0 aliphatic carbocycles. The van der Waals surface area contributed by atoms with Gasteiger partial charge in [-0.15, -0.1) is 0 Å². The molecule has 0 bridgehead atoms. The van der Waals surface area contributed by atoms with Crippen molar-refractivity contribution in [3.63, 3.8) is 0 Å². The zero-order valence-electron chi connectivity index (χ0n) is 11.9. The molecule has 1 unspecified atom stereocenters. The molecule has 2 heterocycles. The highest BCUT2D eigenvalue weighted by Gasteiger charge is 2.22. The number of likely N-dealkylation sites (N-methyl/N-ethyl adjacent to an activating group) is 1. The van der Waals surface area contributed by atoms with Crippen LogP contribution in [0.3, 0.4) is 0 Å². The normalized spacial score (nSPS) is 20.5. The Hall–Kier alpha value is -1.03. The minimum atomic E-state index is 0.682. The van der Waals surface area contributed by atoms with E-state index < -0.39 is 0 Å². The van der Waals surface area contributed by atoms with Crippen LogP contribution >= 0.6 is 0 Å². The molecule has 1 aromatic heterocycles. The fourth-order valence-corrected chi connectivity index (χ4v) is 2.85. The zero-order valence-corrected chi connectivity index (χ0v) is 11.9. The smallest absolute Gasteiger partial charge is 0.203 e. The van der Waals surface area contributed by atoms with Gasteiger partial charge in [0.05, 0.1) is 5.69 Å². The van der Waals surface area contributed by atoms with Crippen LogP contribution in [0.4, 0.5) is 5.95 Å². The van der Waals surface area contributed by atoms with Crippen molar-refractivity contribution in [1.29, 1.82) is 0 Å². The molecule has 0 amide bonds. The average molecular weight is 250 g/mol. The maximum absolute atomic E-state index is 4.57. The third-order valence-electron chi connectivity index (χ3n) is 3.76. The quantitative estimate of drug-likeness (QED) is 0.842. The summed E-state index contributed by atoms with van der Waals surface area (Å²) in [6, 6.07) is 0.682. The van der Waals surface area contributed by atoms with E-state index in [1.807, 2.05) is 0 Å². The van der Waals surface area contributed by atoms with E-state index in [2.05, 4.69) is 46.7 Å². The summed E-state index contributed by atoms with van der Waals surface area (Å²) in [6.07, 6.45) is 5.93. The van der Waals surface area contributed by atoms with E-state index in [0.717, 1.165) is 37.7 Å². The van der Waals surface area contributed by atoms with Crippen LogP contribution in [0, 0.1) is 6.92 Å². The molecule has 1 aliphatic heterocycles. The Labute approximate surface area is 110 Å². The third-order valence-corrected chi connectivity index (χ3v) is 3.76. The van der Waals surface area contributed by atoms with Gasteiger partial charge in [-0.25, -0.2) is 4.98 Å². The lowest BCUT2D eigenvalue weighted by Crippen LogP contribution is -2.35. The fourth-order valence-electron chi connectivity index (χ4n) is 2.85. The van der Waals surface area contributed by atoms with Gasteiger partial charge in [0, 0.05) is 25.3 Å². The number of nitrogens with one attached hydrogen (secondary N) is 1. The molecule has 0 spiro atoms. The predicted octanol–water partition coefficient (Wildman–Crippen LogP) is 2.50. The van der Waals surface area contributed by atoms with E-state index in [1.54, 1.807) is 0 Å². The van der Waals surface area contributed by atoms with Crippen molar-refractivity contribution in [2.75, 3.05) is 25.0 Å². The summed E-state index contributed by atoms with van der Waals surface area (Å²) in [5, 5.41) is 3.54. The molecule has 102 valence electrons. The van der Waals surface area contributed by atoms with Crippen LogP contribution < -0.4 is 5.32 Å². The monoisotopic (exact) mass is 250 g/mol. The molecule has 4 heteroatoms. The first-order chi connectivity index (χ1) is 8.74. The second-order valence-electron chi connectivity index (χ2n) is 5.20. The highest BCUT2D eigenvalue weighted by Crippen LogP contribution is 2.17. The molecule has 1 fully saturated rings. The Kier molecular flexibility index (Phi) is 4.64. The number of nitrogens with zero attached hydrogens (tertiary/aromatic N) is 3. The van der Waals surface area contributed by atoms with Gasteiger partial charge < -0.3 is 9.88 Å². The number of anilines is 1. The van der Waals surface area contributed by atoms with Gasteiger partial charge in [0.15, 0.2) is 0 Å². The second kappa shape index (κ2) is 6.23. The number of likely N-dealkylation sites (tertiary alicyclic amines) is 1. The number of imidazole rings is 1. The molecule has 2 rings (SSSR count). The van der Waals surface area contributed by atoms with Crippen LogP contribution in [0.5, 0.6) is 0 Å². The molecule has 1 atom stereocenters. The summed E-state index contributed by atoms with van der Waals surface area (Å²) in [4.78, 5) is 7.14. The van der Waals surface area contributed by atoms with Crippen molar-refractivity contribution in [3.05, 3.63) is 11.9 Å². The van der Waals surface area contributed by atoms with Crippen LogP contribution in [0.15, 0.2) is 6.20 Å². The van der Waals surface area contributed by atoms with Gasteiger partial charge >= 0.3 is 0 Å². The van der Waals surface area contributed by atoms with Gasteiger partial charge in [0.1, 0.15) is 0 Å². The van der Waals surface area contributed by atoms with E-state index in [4.69, 9.17) is 0 Å². The highest BCUT2D eigenvalue weighted by atomic mass is 15.2. The van der Waals surface area contributed by atoms with Crippen LogP contribution in [0.25, 0.3) is 0 Å². The first-order valence-corrected chi connectivity index (χ1v) is 7.26. The number of rotatable bonds is 6. The lowest BCUT2D eigenvalue weighted by molar-refractivity contribution is 0.276. The molecule has 1 aliphatic rings. The number of aryl methyl sites for hydroxylation is 2. The van der Waals surface area contributed by atoms with Crippen molar-refractivity contribution in [2.24, 2.45) is 0 Å². The van der Waals surface area contributed by atoms with Crippen molar-refractivity contribution < 1.29 is 0 Å². The van der Waals surface area contributed by atoms with Gasteiger partial charge in [-0.05, 0) is 39.3 Å². The van der Waals surface area contributed by atoms with E-state index in [1.165, 1.54) is 19.4 Å². The minimum absolute atomic E-state index is 0.682. The van der Waals surface area contributed by atoms with Crippen LogP contribution in [-0.4, -0.2) is 40.1 Å². The van der Waals surface area contributed by atoms with Crippen LogP contribution in [-0.2, 0) is 6.54 Å². The van der Waals surface area contributed by atoms with Crippen LogP contribution in [0.1, 0.15) is 38.8 Å². The van der Waals surface area contributed by atoms with E-state index in [-0.39, 0.29) is 0 Å². The summed E-state index contributed by atoms with van der Waals surface area (Å²) in [7, 11) is 0. The third kappa shape index (κ3) is 3.05. The topological polar surface area (TPSA) is 33.1 Å². The minimum Gasteiger partial charge on any atom is -0.354 e. The predicted molar refractivity (Wildman–Crippen MR) is 76.0 cm³/mol. The number of hydrogen-bond donors (Lipinski definition) is 1. The van der Waals surface area contributed by atoms with Gasteiger partial charge in [0.2, 0.25) is 5.95 Å². The maximum Gasteiger partial charge on any atom is 0.203 e. The van der Waals surface area contributed by atoms with Gasteiger partial charge in [0.25, 0.3) is 0 Å². The van der Waals surface area contributed by atoms with Gasteiger partial charge in [-0.1, -0.05) is 13.8 Å². The first kappa shape index (κ1) is 13.4. The van der Waals surface area contributed by atoms with Crippen molar-refractivity contribution in [3.8, 4) is 0 Å². The first-order valence-electron chi connectivity index (χ1n) is 7.26. The summed E-state index contributed by atoms with van der Waals surface area (Å²) in [5.41, 5.74) is 1.10. The lowest BCUT2D eigenvalue weighted by Gasteiger charge is -2.23. The number of hydrogen-bond acceptors (Lipinski definition) is 3. The highest BCUT2D eigenvalue weighted by molar-refractivity contribution is 5.29. The van der Waals surface area contributed by atoms with Crippen LogP contribution in [0.2, 0.25) is 0 Å². The largest absolute Gasteiger partial charge is 0.354 e. The summed E-state index contributed by atoms with van der Waals surface area (Å²) in [5.74, 6) is 1.04. The Morgan fingerprint density at radius 2 is 2.28 bits per heavy atom. The molecule has 18 heavy (non-hydrogen) atoms. The van der Waals surface area contributed by atoms with Gasteiger partial charge in [-0.3, -0.25) is 4.90 Å². The molecule has 1 N–H and O–H groups in total. The fraction of sp³-hybridized carbons (Fsp3) is 0.786. The van der Waals surface area contributed by atoms with E-state index >= 15 is 0 Å². The summed E-state index contributed by atoms with van der Waals surface area (Å²) >= 11 is 0. The SMILES string of the molecule is CCCn1cc(C)nc1NCC1CCCN1CC. The maximum atomic E-state index is 4.57. The van der Waals surface area contributed by atoms with Gasteiger partial charge in [-0.2, -0.15) is 0 Å². The van der Waals surface area contributed by atoms with E-state index in [9.17, 15) is 0 Å². The van der Waals surface area contributed by atoms with Crippen molar-refractivity contribution >= 4 is 5.95 Å². The number of aromatic nitrogens is 2. The van der Waals surface area contributed by atoms with E-state index in [0.29, 0.717) is 6.04 Å².